The summed E-state index contributed by atoms with van der Waals surface area (Å²) in [6, 6.07) is 27.6. The van der Waals surface area contributed by atoms with E-state index in [1.807, 2.05) is 35.6 Å². The van der Waals surface area contributed by atoms with Crippen LogP contribution in [0.1, 0.15) is 0 Å². The molecule has 130 valence electrons. The van der Waals surface area contributed by atoms with Crippen molar-refractivity contribution in [2.45, 2.75) is 0 Å². The van der Waals surface area contributed by atoms with Gasteiger partial charge in [0.05, 0.1) is 0 Å². The third-order valence-electron chi connectivity index (χ3n) is 5.80. The predicted molar refractivity (Wildman–Crippen MR) is 117 cm³/mol. The molecule has 2 aliphatic rings. The second kappa shape index (κ2) is 5.18. The zero-order valence-corrected chi connectivity index (χ0v) is 15.6. The number of fused-ring (bicyclic) bond motifs is 7. The minimum absolute atomic E-state index is 0.134. The van der Waals surface area contributed by atoms with Gasteiger partial charge in [0.25, 0.3) is 6.71 Å². The first-order valence-corrected chi connectivity index (χ1v) is 10.2. The number of ether oxygens (including phenoxy) is 2. The fourth-order valence-electron chi connectivity index (χ4n) is 4.60. The summed E-state index contributed by atoms with van der Waals surface area (Å²) in [5.41, 5.74) is 3.55. The number of hydrogen-bond donors (Lipinski definition) is 0. The highest BCUT2D eigenvalue weighted by molar-refractivity contribution is 7.26. The smallest absolute Gasteiger partial charge is 0.260 e. The highest BCUT2D eigenvalue weighted by atomic mass is 32.1. The molecule has 0 N–H and O–H groups in total. The number of para-hydroxylation sites is 1. The van der Waals surface area contributed by atoms with Crippen molar-refractivity contribution in [3.63, 3.8) is 0 Å². The van der Waals surface area contributed by atoms with Gasteiger partial charge in [0.1, 0.15) is 23.0 Å². The van der Waals surface area contributed by atoms with E-state index in [1.165, 1.54) is 31.1 Å². The first kappa shape index (κ1) is 14.8. The van der Waals surface area contributed by atoms with E-state index in [4.69, 9.17) is 9.47 Å². The van der Waals surface area contributed by atoms with Crippen LogP contribution in [0.5, 0.6) is 23.0 Å². The fraction of sp³-hybridized carbons (Fsp3) is 0. The Morgan fingerprint density at radius 3 is 2.25 bits per heavy atom. The van der Waals surface area contributed by atoms with Gasteiger partial charge in [0, 0.05) is 25.6 Å². The Balaban J connectivity index is 1.58. The maximum Gasteiger partial charge on any atom is 0.260 e. The highest BCUT2D eigenvalue weighted by Crippen LogP contribution is 2.39. The van der Waals surface area contributed by atoms with E-state index in [0.29, 0.717) is 0 Å². The van der Waals surface area contributed by atoms with Gasteiger partial charge in [-0.1, -0.05) is 42.5 Å². The average Bonchev–Trinajstić information content (AvgIpc) is 3.09. The molecule has 0 saturated heterocycles. The van der Waals surface area contributed by atoms with Crippen molar-refractivity contribution in [2.75, 3.05) is 0 Å². The molecule has 2 nitrogen and oxygen atoms in total. The van der Waals surface area contributed by atoms with Crippen LogP contribution < -0.4 is 25.9 Å². The lowest BCUT2D eigenvalue weighted by molar-refractivity contribution is 0.465. The Morgan fingerprint density at radius 2 is 1.32 bits per heavy atom. The van der Waals surface area contributed by atoms with E-state index in [9.17, 15) is 0 Å². The van der Waals surface area contributed by atoms with Gasteiger partial charge >= 0.3 is 0 Å². The Labute approximate surface area is 166 Å². The molecule has 0 unspecified atom stereocenters. The van der Waals surface area contributed by atoms with Crippen LogP contribution >= 0.6 is 11.3 Å². The maximum atomic E-state index is 6.39. The summed E-state index contributed by atoms with van der Waals surface area (Å²) >= 11 is 1.85. The predicted octanol–water partition coefficient (Wildman–Crippen LogP) is 4.78. The van der Waals surface area contributed by atoms with Gasteiger partial charge in [-0.25, -0.2) is 0 Å². The van der Waals surface area contributed by atoms with Crippen LogP contribution in [0.3, 0.4) is 0 Å². The van der Waals surface area contributed by atoms with E-state index < -0.39 is 0 Å². The lowest BCUT2D eigenvalue weighted by Gasteiger charge is -2.32. The van der Waals surface area contributed by atoms with Gasteiger partial charge in [-0.2, -0.15) is 0 Å². The quantitative estimate of drug-likeness (QED) is 0.355. The average molecular weight is 376 g/mol. The summed E-state index contributed by atoms with van der Waals surface area (Å²) in [5.74, 6) is 3.66. The molecule has 0 amide bonds. The molecule has 0 saturated carbocycles. The van der Waals surface area contributed by atoms with Gasteiger partial charge in [0.2, 0.25) is 0 Å². The lowest BCUT2D eigenvalue weighted by Crippen LogP contribution is -2.57. The molecule has 5 aromatic rings. The molecule has 3 heterocycles. The lowest BCUT2D eigenvalue weighted by atomic mass is 9.35. The largest absolute Gasteiger partial charge is 0.458 e. The van der Waals surface area contributed by atoms with Gasteiger partial charge < -0.3 is 9.47 Å². The number of thiophene rings is 1. The Morgan fingerprint density at radius 1 is 0.571 bits per heavy atom. The fourth-order valence-corrected chi connectivity index (χ4v) is 5.73. The first-order valence-electron chi connectivity index (χ1n) is 9.39. The van der Waals surface area contributed by atoms with Crippen molar-refractivity contribution >= 4 is 54.6 Å². The molecule has 0 spiro atoms. The van der Waals surface area contributed by atoms with E-state index >= 15 is 0 Å². The van der Waals surface area contributed by atoms with Gasteiger partial charge in [-0.15, -0.1) is 11.3 Å². The summed E-state index contributed by atoms with van der Waals surface area (Å²) in [4.78, 5) is 0. The zero-order chi connectivity index (χ0) is 18.2. The molecular weight excluding hydrogens is 363 g/mol. The summed E-state index contributed by atoms with van der Waals surface area (Å²) in [6.45, 7) is 0.134. The highest BCUT2D eigenvalue weighted by Gasteiger charge is 2.40. The van der Waals surface area contributed by atoms with Crippen molar-refractivity contribution in [2.24, 2.45) is 0 Å². The number of hydrogen-bond acceptors (Lipinski definition) is 3. The maximum absolute atomic E-state index is 6.39. The van der Waals surface area contributed by atoms with Crippen LogP contribution in [0, 0.1) is 0 Å². The molecule has 7 rings (SSSR count). The second-order valence-electron chi connectivity index (χ2n) is 7.33. The monoisotopic (exact) mass is 376 g/mol. The Bertz CT molecular complexity index is 1440. The Kier molecular flexibility index (Phi) is 2.73. The van der Waals surface area contributed by atoms with Crippen LogP contribution in [0.15, 0.2) is 78.9 Å². The van der Waals surface area contributed by atoms with Crippen molar-refractivity contribution in [1.82, 2.24) is 0 Å². The van der Waals surface area contributed by atoms with E-state index in [0.717, 1.165) is 28.5 Å². The first-order chi connectivity index (χ1) is 13.9. The zero-order valence-electron chi connectivity index (χ0n) is 14.8. The third kappa shape index (κ3) is 1.83. The van der Waals surface area contributed by atoms with Crippen LogP contribution in [0.2, 0.25) is 0 Å². The SMILES string of the molecule is c1ccc2c(c1)Oc1cccc3c1B2c1cc2sc4ccccc4c2cc1O3. The van der Waals surface area contributed by atoms with Crippen LogP contribution in [0.25, 0.3) is 20.2 Å². The van der Waals surface area contributed by atoms with Crippen molar-refractivity contribution in [3.8, 4) is 23.0 Å². The minimum Gasteiger partial charge on any atom is -0.458 e. The van der Waals surface area contributed by atoms with Crippen LogP contribution in [-0.2, 0) is 0 Å². The van der Waals surface area contributed by atoms with Crippen LogP contribution in [0.4, 0.5) is 0 Å². The van der Waals surface area contributed by atoms with Gasteiger partial charge in [-0.3, -0.25) is 0 Å². The Hall–Kier alpha value is -3.24. The third-order valence-corrected chi connectivity index (χ3v) is 6.94. The topological polar surface area (TPSA) is 18.5 Å². The molecule has 1 aromatic heterocycles. The molecule has 2 aliphatic heterocycles. The summed E-state index contributed by atoms with van der Waals surface area (Å²) in [7, 11) is 0. The molecule has 0 fully saturated rings. The van der Waals surface area contributed by atoms with Crippen molar-refractivity contribution in [3.05, 3.63) is 78.9 Å². The standard InChI is InChI=1S/C24H13BO2S/c1-4-11-22-14(6-1)15-12-21-17(13-23(15)28-22)25-16-7-2-3-8-18(16)26-19-9-5-10-20(27-21)24(19)25/h1-13H. The van der Waals surface area contributed by atoms with E-state index in [2.05, 4.69) is 54.6 Å². The second-order valence-corrected chi connectivity index (χ2v) is 8.41. The van der Waals surface area contributed by atoms with Gasteiger partial charge in [-0.05, 0) is 47.3 Å². The summed E-state index contributed by atoms with van der Waals surface area (Å²) < 4.78 is 15.2. The molecular formula is C24H13BO2S. The molecule has 4 aromatic carbocycles. The minimum atomic E-state index is 0.134. The van der Waals surface area contributed by atoms with Gasteiger partial charge in [0.15, 0.2) is 0 Å². The molecule has 0 bridgehead atoms. The normalized spacial score (nSPS) is 13.5. The molecule has 0 aliphatic carbocycles. The summed E-state index contributed by atoms with van der Waals surface area (Å²) in [5, 5.41) is 2.56. The summed E-state index contributed by atoms with van der Waals surface area (Å²) in [6.07, 6.45) is 0. The van der Waals surface area contributed by atoms with Crippen LogP contribution in [-0.4, -0.2) is 6.71 Å². The van der Waals surface area contributed by atoms with Crippen molar-refractivity contribution in [1.29, 1.82) is 0 Å². The molecule has 0 radical (unpaired) electrons. The number of rotatable bonds is 0. The number of benzene rings is 4. The van der Waals surface area contributed by atoms with Crippen molar-refractivity contribution < 1.29 is 9.47 Å². The molecule has 28 heavy (non-hydrogen) atoms. The van der Waals surface area contributed by atoms with E-state index in [1.54, 1.807) is 0 Å². The van der Waals surface area contributed by atoms with E-state index in [-0.39, 0.29) is 6.71 Å². The molecule has 4 heteroatoms. The molecule has 0 atom stereocenters.